The van der Waals surface area contributed by atoms with Gasteiger partial charge in [0.05, 0.1) is 5.92 Å². The Balaban J connectivity index is 1.53. The summed E-state index contributed by atoms with van der Waals surface area (Å²) in [6.45, 7) is 2.36. The zero-order valence-corrected chi connectivity index (χ0v) is 14.8. The number of carboxylic acids is 1. The van der Waals surface area contributed by atoms with Gasteiger partial charge in [-0.25, -0.2) is 4.79 Å². The fraction of sp³-hybridized carbons (Fsp3) is 0.333. The smallest absolute Gasteiger partial charge is 0.407 e. The highest BCUT2D eigenvalue weighted by Crippen LogP contribution is 2.44. The molecule has 0 spiro atoms. The second-order valence-corrected chi connectivity index (χ2v) is 6.63. The first-order valence-electron chi connectivity index (χ1n) is 8.89. The zero-order chi connectivity index (χ0) is 18.5. The third kappa shape index (κ3) is 3.87. The number of carbonyl (C=O) groups excluding carboxylic acids is 1. The van der Waals surface area contributed by atoms with Crippen molar-refractivity contribution in [2.75, 3.05) is 13.2 Å². The van der Waals surface area contributed by atoms with Crippen LogP contribution in [0.5, 0.6) is 0 Å². The number of aliphatic carboxylic acids is 1. The molecular weight excluding hydrogens is 330 g/mol. The van der Waals surface area contributed by atoms with E-state index in [0.29, 0.717) is 19.4 Å². The van der Waals surface area contributed by atoms with Gasteiger partial charge in [-0.3, -0.25) is 4.79 Å². The van der Waals surface area contributed by atoms with Crippen molar-refractivity contribution in [3.05, 3.63) is 59.7 Å². The molecule has 2 aromatic rings. The van der Waals surface area contributed by atoms with Gasteiger partial charge in [-0.2, -0.15) is 0 Å². The minimum atomic E-state index is -0.814. The van der Waals surface area contributed by atoms with Gasteiger partial charge in [0.25, 0.3) is 0 Å². The van der Waals surface area contributed by atoms with E-state index in [9.17, 15) is 9.59 Å². The number of carboxylic acid groups (broad SMARTS) is 1. The summed E-state index contributed by atoms with van der Waals surface area (Å²) in [6, 6.07) is 16.4. The molecule has 0 bridgehead atoms. The quantitative estimate of drug-likeness (QED) is 0.737. The summed E-state index contributed by atoms with van der Waals surface area (Å²) in [4.78, 5) is 22.7. The Kier molecular flexibility index (Phi) is 5.56. The maximum atomic E-state index is 12.0. The van der Waals surface area contributed by atoms with Crippen molar-refractivity contribution >= 4 is 12.1 Å². The number of hydrogen-bond acceptors (Lipinski definition) is 3. The topological polar surface area (TPSA) is 75.6 Å². The van der Waals surface area contributed by atoms with Gasteiger partial charge in [-0.15, -0.1) is 0 Å². The van der Waals surface area contributed by atoms with Crippen molar-refractivity contribution in [1.82, 2.24) is 5.32 Å². The number of benzene rings is 2. The molecule has 0 heterocycles. The standard InChI is InChI=1S/C21H23NO4/c1-14(20(23)24)7-6-12-22-21(25)26-13-19-17-10-4-2-8-15(17)16-9-3-5-11-18(16)19/h2-5,8-11,14,19H,6-7,12-13H2,1H3,(H,22,25)(H,23,24)/t14-/m0/s1. The van der Waals surface area contributed by atoms with Gasteiger partial charge < -0.3 is 15.2 Å². The van der Waals surface area contributed by atoms with Crippen LogP contribution >= 0.6 is 0 Å². The molecule has 3 rings (SSSR count). The Labute approximate surface area is 153 Å². The van der Waals surface area contributed by atoms with Gasteiger partial charge in [0, 0.05) is 12.5 Å². The van der Waals surface area contributed by atoms with Crippen LogP contribution in [0.3, 0.4) is 0 Å². The van der Waals surface area contributed by atoms with Crippen molar-refractivity contribution < 1.29 is 19.4 Å². The molecule has 0 aliphatic heterocycles. The minimum Gasteiger partial charge on any atom is -0.481 e. The normalized spacial score (nSPS) is 13.6. The maximum Gasteiger partial charge on any atom is 0.407 e. The van der Waals surface area contributed by atoms with Crippen LogP contribution in [0.15, 0.2) is 48.5 Å². The second-order valence-electron chi connectivity index (χ2n) is 6.63. The van der Waals surface area contributed by atoms with Crippen LogP contribution in [0.2, 0.25) is 0 Å². The van der Waals surface area contributed by atoms with Gasteiger partial charge in [-0.05, 0) is 35.1 Å². The molecule has 2 N–H and O–H groups in total. The van der Waals surface area contributed by atoms with Gasteiger partial charge in [-0.1, -0.05) is 55.5 Å². The Morgan fingerprint density at radius 2 is 1.65 bits per heavy atom. The zero-order valence-electron chi connectivity index (χ0n) is 14.8. The van der Waals surface area contributed by atoms with Gasteiger partial charge >= 0.3 is 12.1 Å². The lowest BCUT2D eigenvalue weighted by atomic mass is 9.98. The summed E-state index contributed by atoms with van der Waals surface area (Å²) >= 11 is 0. The van der Waals surface area contributed by atoms with E-state index in [1.807, 2.05) is 24.3 Å². The van der Waals surface area contributed by atoms with E-state index >= 15 is 0 Å². The summed E-state index contributed by atoms with van der Waals surface area (Å²) in [5, 5.41) is 11.5. The number of hydrogen-bond donors (Lipinski definition) is 2. The summed E-state index contributed by atoms with van der Waals surface area (Å²) < 4.78 is 5.43. The summed E-state index contributed by atoms with van der Waals surface area (Å²) in [5.41, 5.74) is 4.74. The molecule has 1 aliphatic carbocycles. The van der Waals surface area contributed by atoms with Crippen molar-refractivity contribution in [3.63, 3.8) is 0 Å². The Hall–Kier alpha value is -2.82. The average Bonchev–Trinajstić information content (AvgIpc) is 2.97. The third-order valence-corrected chi connectivity index (χ3v) is 4.85. The first-order valence-corrected chi connectivity index (χ1v) is 8.89. The molecule has 2 aromatic carbocycles. The summed E-state index contributed by atoms with van der Waals surface area (Å²) in [5.74, 6) is -1.18. The summed E-state index contributed by atoms with van der Waals surface area (Å²) in [6.07, 6.45) is 0.672. The van der Waals surface area contributed by atoms with Crippen molar-refractivity contribution in [2.24, 2.45) is 5.92 Å². The molecule has 26 heavy (non-hydrogen) atoms. The van der Waals surface area contributed by atoms with Gasteiger partial charge in [0.1, 0.15) is 6.61 Å². The van der Waals surface area contributed by atoms with Crippen LogP contribution in [0, 0.1) is 5.92 Å². The molecular formula is C21H23NO4. The maximum absolute atomic E-state index is 12.0. The first-order chi connectivity index (χ1) is 12.6. The van der Waals surface area contributed by atoms with E-state index in [4.69, 9.17) is 9.84 Å². The largest absolute Gasteiger partial charge is 0.481 e. The van der Waals surface area contributed by atoms with Crippen LogP contribution in [0.1, 0.15) is 36.8 Å². The number of alkyl carbamates (subject to hydrolysis) is 1. The molecule has 1 amide bonds. The van der Waals surface area contributed by atoms with E-state index in [2.05, 4.69) is 29.6 Å². The molecule has 0 saturated heterocycles. The van der Waals surface area contributed by atoms with Crippen LogP contribution in [-0.4, -0.2) is 30.3 Å². The number of nitrogens with one attached hydrogen (secondary N) is 1. The number of carbonyl (C=O) groups is 2. The fourth-order valence-corrected chi connectivity index (χ4v) is 3.37. The number of amides is 1. The van der Waals surface area contributed by atoms with Gasteiger partial charge in [0.15, 0.2) is 0 Å². The Bertz CT molecular complexity index is 757. The fourth-order valence-electron chi connectivity index (χ4n) is 3.37. The van der Waals surface area contributed by atoms with Crippen LogP contribution in [0.25, 0.3) is 11.1 Å². The lowest BCUT2D eigenvalue weighted by Crippen LogP contribution is -2.27. The van der Waals surface area contributed by atoms with E-state index in [1.54, 1.807) is 6.92 Å². The number of rotatable bonds is 7. The molecule has 5 nitrogen and oxygen atoms in total. The van der Waals surface area contributed by atoms with Crippen molar-refractivity contribution in [2.45, 2.75) is 25.7 Å². The molecule has 0 fully saturated rings. The van der Waals surface area contributed by atoms with E-state index in [1.165, 1.54) is 22.3 Å². The SMILES string of the molecule is C[C@@H](CCCNC(=O)OCC1c2ccccc2-c2ccccc21)C(=O)O. The highest BCUT2D eigenvalue weighted by Gasteiger charge is 2.28. The highest BCUT2D eigenvalue weighted by atomic mass is 16.5. The van der Waals surface area contributed by atoms with E-state index < -0.39 is 18.0 Å². The van der Waals surface area contributed by atoms with Gasteiger partial charge in [0.2, 0.25) is 0 Å². The van der Waals surface area contributed by atoms with Crippen LogP contribution in [0.4, 0.5) is 4.79 Å². The number of ether oxygens (including phenoxy) is 1. The molecule has 0 saturated carbocycles. The predicted octanol–water partition coefficient (Wildman–Crippen LogP) is 4.03. The second kappa shape index (κ2) is 8.04. The molecule has 136 valence electrons. The molecule has 5 heteroatoms. The minimum absolute atomic E-state index is 0.0418. The monoisotopic (exact) mass is 353 g/mol. The molecule has 1 atom stereocenters. The van der Waals surface area contributed by atoms with Crippen LogP contribution < -0.4 is 5.32 Å². The van der Waals surface area contributed by atoms with E-state index in [0.717, 1.165) is 0 Å². The third-order valence-electron chi connectivity index (χ3n) is 4.85. The molecule has 0 unspecified atom stereocenters. The molecule has 0 radical (unpaired) electrons. The Morgan fingerprint density at radius 3 is 2.23 bits per heavy atom. The first kappa shape index (κ1) is 18.0. The van der Waals surface area contributed by atoms with Crippen LogP contribution in [-0.2, 0) is 9.53 Å². The highest BCUT2D eigenvalue weighted by molar-refractivity contribution is 5.79. The Morgan fingerprint density at radius 1 is 1.08 bits per heavy atom. The predicted molar refractivity (Wildman–Crippen MR) is 99.1 cm³/mol. The van der Waals surface area contributed by atoms with E-state index in [-0.39, 0.29) is 12.5 Å². The lowest BCUT2D eigenvalue weighted by Gasteiger charge is -2.14. The summed E-state index contributed by atoms with van der Waals surface area (Å²) in [7, 11) is 0. The molecule has 1 aliphatic rings. The number of fused-ring (bicyclic) bond motifs is 3. The average molecular weight is 353 g/mol. The lowest BCUT2D eigenvalue weighted by molar-refractivity contribution is -0.141. The van der Waals surface area contributed by atoms with Crippen molar-refractivity contribution in [1.29, 1.82) is 0 Å². The molecule has 0 aromatic heterocycles. The van der Waals surface area contributed by atoms with Crippen molar-refractivity contribution in [3.8, 4) is 11.1 Å².